The Balaban J connectivity index is 1.75. The standard InChI is InChI=1S/C15H19N3O/c1-18-9-17-13-6-10(2-3-14(13)18)15(7-19-8-15)11-4-12(16)5-11/h2-3,6,9,11-12H,4-5,7-8,16H2,1H3. The third-order valence-corrected chi connectivity index (χ3v) is 4.98. The van der Waals surface area contributed by atoms with Crippen LogP contribution in [-0.2, 0) is 17.2 Å². The van der Waals surface area contributed by atoms with E-state index in [0.29, 0.717) is 12.0 Å². The molecule has 0 unspecified atom stereocenters. The Morgan fingerprint density at radius 3 is 2.79 bits per heavy atom. The number of rotatable bonds is 2. The molecule has 2 aromatic rings. The summed E-state index contributed by atoms with van der Waals surface area (Å²) < 4.78 is 7.59. The van der Waals surface area contributed by atoms with Crippen molar-refractivity contribution in [1.82, 2.24) is 9.55 Å². The van der Waals surface area contributed by atoms with E-state index in [2.05, 4.69) is 27.8 Å². The molecule has 0 amide bonds. The van der Waals surface area contributed by atoms with Crippen molar-refractivity contribution < 1.29 is 4.74 Å². The van der Waals surface area contributed by atoms with Gasteiger partial charge in [0.15, 0.2) is 0 Å². The molecule has 0 bridgehead atoms. The fourth-order valence-corrected chi connectivity index (χ4v) is 3.52. The number of benzene rings is 1. The zero-order valence-electron chi connectivity index (χ0n) is 11.2. The van der Waals surface area contributed by atoms with Crippen LogP contribution in [0.15, 0.2) is 24.5 Å². The minimum absolute atomic E-state index is 0.196. The van der Waals surface area contributed by atoms with E-state index >= 15 is 0 Å². The smallest absolute Gasteiger partial charge is 0.0955 e. The van der Waals surface area contributed by atoms with Gasteiger partial charge in [0.25, 0.3) is 0 Å². The van der Waals surface area contributed by atoms with Gasteiger partial charge < -0.3 is 15.0 Å². The molecule has 1 aliphatic carbocycles. The molecule has 1 saturated carbocycles. The molecular formula is C15H19N3O. The number of hydrogen-bond donors (Lipinski definition) is 1. The Hall–Kier alpha value is -1.39. The van der Waals surface area contributed by atoms with Crippen LogP contribution in [0.5, 0.6) is 0 Å². The lowest BCUT2D eigenvalue weighted by atomic mass is 9.59. The van der Waals surface area contributed by atoms with Gasteiger partial charge in [-0.2, -0.15) is 0 Å². The van der Waals surface area contributed by atoms with Crippen LogP contribution in [0.2, 0.25) is 0 Å². The van der Waals surface area contributed by atoms with Gasteiger partial charge in [-0.1, -0.05) is 6.07 Å². The predicted octanol–water partition coefficient (Wildman–Crippen LogP) is 1.58. The zero-order valence-corrected chi connectivity index (χ0v) is 11.2. The second-order valence-corrected chi connectivity index (χ2v) is 6.14. The first-order chi connectivity index (χ1) is 9.19. The van der Waals surface area contributed by atoms with Crippen molar-refractivity contribution in [2.24, 2.45) is 18.7 Å². The maximum atomic E-state index is 5.96. The minimum Gasteiger partial charge on any atom is -0.379 e. The molecule has 1 aromatic heterocycles. The first kappa shape index (κ1) is 11.4. The predicted molar refractivity (Wildman–Crippen MR) is 73.9 cm³/mol. The molecule has 2 heterocycles. The van der Waals surface area contributed by atoms with Gasteiger partial charge in [-0.05, 0) is 36.5 Å². The number of imidazole rings is 1. The fraction of sp³-hybridized carbons (Fsp3) is 0.533. The average Bonchev–Trinajstić information content (AvgIpc) is 2.67. The van der Waals surface area contributed by atoms with Crippen LogP contribution < -0.4 is 5.73 Å². The number of nitrogens with zero attached hydrogens (tertiary/aromatic N) is 2. The van der Waals surface area contributed by atoms with Crippen LogP contribution in [0.4, 0.5) is 0 Å². The molecule has 2 fully saturated rings. The molecule has 4 heteroatoms. The summed E-state index contributed by atoms with van der Waals surface area (Å²) in [6.45, 7) is 1.67. The summed E-state index contributed by atoms with van der Waals surface area (Å²) in [5.74, 6) is 0.678. The maximum absolute atomic E-state index is 5.96. The van der Waals surface area contributed by atoms with E-state index in [9.17, 15) is 0 Å². The highest BCUT2D eigenvalue weighted by atomic mass is 16.5. The van der Waals surface area contributed by atoms with Crippen molar-refractivity contribution in [3.05, 3.63) is 30.1 Å². The molecule has 0 atom stereocenters. The number of nitrogens with two attached hydrogens (primary N) is 1. The van der Waals surface area contributed by atoms with Crippen molar-refractivity contribution >= 4 is 11.0 Å². The van der Waals surface area contributed by atoms with Crippen LogP contribution >= 0.6 is 0 Å². The molecule has 4 nitrogen and oxygen atoms in total. The zero-order chi connectivity index (χ0) is 13.0. The highest BCUT2D eigenvalue weighted by Gasteiger charge is 2.51. The highest BCUT2D eigenvalue weighted by molar-refractivity contribution is 5.76. The van der Waals surface area contributed by atoms with Gasteiger partial charge >= 0.3 is 0 Å². The Kier molecular flexibility index (Phi) is 2.29. The Labute approximate surface area is 112 Å². The molecular weight excluding hydrogens is 238 g/mol. The molecule has 1 aliphatic heterocycles. The lowest BCUT2D eigenvalue weighted by Gasteiger charge is -2.53. The van der Waals surface area contributed by atoms with E-state index in [1.165, 1.54) is 11.1 Å². The molecule has 19 heavy (non-hydrogen) atoms. The molecule has 4 rings (SSSR count). The lowest BCUT2D eigenvalue weighted by Crippen LogP contribution is -2.58. The summed E-state index contributed by atoms with van der Waals surface area (Å²) in [6.07, 6.45) is 4.13. The lowest BCUT2D eigenvalue weighted by molar-refractivity contribution is -0.111. The van der Waals surface area contributed by atoms with E-state index in [4.69, 9.17) is 10.5 Å². The number of fused-ring (bicyclic) bond motifs is 1. The number of ether oxygens (including phenoxy) is 1. The monoisotopic (exact) mass is 257 g/mol. The Bertz CT molecular complexity index is 623. The number of hydrogen-bond acceptors (Lipinski definition) is 3. The molecule has 0 radical (unpaired) electrons. The number of aromatic nitrogens is 2. The molecule has 2 aliphatic rings. The van der Waals surface area contributed by atoms with E-state index < -0.39 is 0 Å². The topological polar surface area (TPSA) is 53.1 Å². The van der Waals surface area contributed by atoms with Crippen molar-refractivity contribution in [1.29, 1.82) is 0 Å². The van der Waals surface area contributed by atoms with Crippen molar-refractivity contribution in [2.75, 3.05) is 13.2 Å². The molecule has 100 valence electrons. The van der Waals surface area contributed by atoms with Crippen molar-refractivity contribution in [3.8, 4) is 0 Å². The van der Waals surface area contributed by atoms with Crippen LogP contribution in [0, 0.1) is 5.92 Å². The summed E-state index contributed by atoms with van der Waals surface area (Å²) in [4.78, 5) is 4.47. The highest BCUT2D eigenvalue weighted by Crippen LogP contribution is 2.48. The first-order valence-electron chi connectivity index (χ1n) is 6.94. The molecule has 1 aromatic carbocycles. The summed E-state index contributed by atoms with van der Waals surface area (Å²) in [6, 6.07) is 7.05. The molecule has 0 spiro atoms. The van der Waals surface area contributed by atoms with Crippen LogP contribution in [0.25, 0.3) is 11.0 Å². The van der Waals surface area contributed by atoms with E-state index in [0.717, 1.165) is 31.6 Å². The van der Waals surface area contributed by atoms with Crippen molar-refractivity contribution in [3.63, 3.8) is 0 Å². The third-order valence-electron chi connectivity index (χ3n) is 4.98. The van der Waals surface area contributed by atoms with Crippen LogP contribution in [0.3, 0.4) is 0 Å². The summed E-state index contributed by atoms with van der Waals surface area (Å²) in [7, 11) is 2.03. The summed E-state index contributed by atoms with van der Waals surface area (Å²) >= 11 is 0. The second-order valence-electron chi connectivity index (χ2n) is 6.14. The van der Waals surface area contributed by atoms with Gasteiger partial charge in [0, 0.05) is 18.5 Å². The summed E-state index contributed by atoms with van der Waals surface area (Å²) in [5, 5.41) is 0. The van der Waals surface area contributed by atoms with Gasteiger partial charge in [0.2, 0.25) is 0 Å². The minimum atomic E-state index is 0.196. The van der Waals surface area contributed by atoms with Gasteiger partial charge in [-0.3, -0.25) is 0 Å². The molecule has 1 saturated heterocycles. The van der Waals surface area contributed by atoms with E-state index in [-0.39, 0.29) is 5.41 Å². The van der Waals surface area contributed by atoms with Gasteiger partial charge in [-0.25, -0.2) is 4.98 Å². The summed E-state index contributed by atoms with van der Waals surface area (Å²) in [5.41, 5.74) is 9.80. The van der Waals surface area contributed by atoms with Gasteiger partial charge in [0.05, 0.1) is 30.6 Å². The van der Waals surface area contributed by atoms with Crippen molar-refractivity contribution in [2.45, 2.75) is 24.3 Å². The SMILES string of the molecule is Cn1cnc2cc(C3(C4CC(N)C4)COC3)ccc21. The van der Waals surface area contributed by atoms with Gasteiger partial charge in [-0.15, -0.1) is 0 Å². The second kappa shape index (κ2) is 3.81. The van der Waals surface area contributed by atoms with E-state index in [1.807, 2.05) is 13.4 Å². The third kappa shape index (κ3) is 1.50. The number of aryl methyl sites for hydroxylation is 1. The molecule has 2 N–H and O–H groups in total. The first-order valence-corrected chi connectivity index (χ1v) is 6.94. The normalized spacial score (nSPS) is 28.9. The van der Waals surface area contributed by atoms with Crippen LogP contribution in [-0.4, -0.2) is 28.8 Å². The largest absolute Gasteiger partial charge is 0.379 e. The van der Waals surface area contributed by atoms with Crippen LogP contribution in [0.1, 0.15) is 18.4 Å². The van der Waals surface area contributed by atoms with E-state index in [1.54, 1.807) is 0 Å². The Morgan fingerprint density at radius 1 is 1.37 bits per heavy atom. The maximum Gasteiger partial charge on any atom is 0.0955 e. The quantitative estimate of drug-likeness (QED) is 0.888. The van der Waals surface area contributed by atoms with Gasteiger partial charge in [0.1, 0.15) is 0 Å². The Morgan fingerprint density at radius 2 is 2.16 bits per heavy atom. The average molecular weight is 257 g/mol. The fourth-order valence-electron chi connectivity index (χ4n) is 3.52.